The van der Waals surface area contributed by atoms with Gasteiger partial charge in [0, 0.05) is 12.6 Å². The van der Waals surface area contributed by atoms with Crippen molar-refractivity contribution in [2.75, 3.05) is 6.61 Å². The highest BCUT2D eigenvalue weighted by Gasteiger charge is 2.16. The summed E-state index contributed by atoms with van der Waals surface area (Å²) >= 11 is 0. The molecular formula is C13H27NO. The van der Waals surface area contributed by atoms with E-state index in [0.717, 1.165) is 18.4 Å². The molecule has 15 heavy (non-hydrogen) atoms. The molecule has 90 valence electrons. The molecule has 1 heterocycles. The van der Waals surface area contributed by atoms with Gasteiger partial charge in [-0.3, -0.25) is 0 Å². The quantitative estimate of drug-likeness (QED) is 0.671. The van der Waals surface area contributed by atoms with Crippen molar-refractivity contribution < 1.29 is 4.74 Å². The Labute approximate surface area is 94.6 Å². The van der Waals surface area contributed by atoms with Crippen LogP contribution in [0.15, 0.2) is 0 Å². The minimum atomic E-state index is 0.513. The first-order valence-electron chi connectivity index (χ1n) is 6.45. The number of hydrogen-bond donors (Lipinski definition) is 1. The molecule has 0 radical (unpaired) electrons. The maximum absolute atomic E-state index is 5.73. The summed E-state index contributed by atoms with van der Waals surface area (Å²) in [6, 6.07) is 0.513. The lowest BCUT2D eigenvalue weighted by molar-refractivity contribution is 0.121. The fourth-order valence-corrected chi connectivity index (χ4v) is 2.51. The Kier molecular flexibility index (Phi) is 5.62. The fraction of sp³-hybridized carbons (Fsp3) is 1.00. The van der Waals surface area contributed by atoms with Crippen LogP contribution in [-0.2, 0) is 4.74 Å². The first kappa shape index (κ1) is 13.0. The third-order valence-electron chi connectivity index (χ3n) is 3.38. The minimum absolute atomic E-state index is 0.513. The Morgan fingerprint density at radius 2 is 1.73 bits per heavy atom. The number of rotatable bonds is 0. The molecule has 2 fully saturated rings. The zero-order valence-corrected chi connectivity index (χ0v) is 10.5. The predicted molar refractivity (Wildman–Crippen MR) is 64.8 cm³/mol. The van der Waals surface area contributed by atoms with Gasteiger partial charge in [0.05, 0.1) is 6.10 Å². The lowest BCUT2D eigenvalue weighted by atomic mass is 9.88. The van der Waals surface area contributed by atoms with Gasteiger partial charge in [0.15, 0.2) is 0 Å². The van der Waals surface area contributed by atoms with Gasteiger partial charge >= 0.3 is 0 Å². The Morgan fingerprint density at radius 1 is 1.00 bits per heavy atom. The largest absolute Gasteiger partial charge is 0.378 e. The smallest absolute Gasteiger partial charge is 0.0550 e. The van der Waals surface area contributed by atoms with Crippen molar-refractivity contribution in [2.24, 2.45) is 17.6 Å². The molecule has 0 aromatic carbocycles. The Bertz CT molecular complexity index is 156. The van der Waals surface area contributed by atoms with Crippen LogP contribution in [0.4, 0.5) is 0 Å². The van der Waals surface area contributed by atoms with Crippen LogP contribution < -0.4 is 5.73 Å². The number of nitrogens with two attached hydrogens (primary N) is 1. The summed E-state index contributed by atoms with van der Waals surface area (Å²) in [6.45, 7) is 7.62. The van der Waals surface area contributed by atoms with Gasteiger partial charge in [-0.15, -0.1) is 0 Å². The van der Waals surface area contributed by atoms with Crippen LogP contribution in [0.5, 0.6) is 0 Å². The van der Waals surface area contributed by atoms with Crippen molar-refractivity contribution in [3.63, 3.8) is 0 Å². The summed E-state index contributed by atoms with van der Waals surface area (Å²) < 4.78 is 5.27. The second-order valence-electron chi connectivity index (χ2n) is 5.52. The summed E-state index contributed by atoms with van der Waals surface area (Å²) in [4.78, 5) is 0. The van der Waals surface area contributed by atoms with E-state index in [-0.39, 0.29) is 0 Å². The van der Waals surface area contributed by atoms with E-state index in [1.165, 1.54) is 32.1 Å². The average molecular weight is 213 g/mol. The molecule has 0 spiro atoms. The van der Waals surface area contributed by atoms with Gasteiger partial charge in [-0.05, 0) is 38.0 Å². The monoisotopic (exact) mass is 213 g/mol. The molecule has 0 aromatic heterocycles. The van der Waals surface area contributed by atoms with Crippen LogP contribution in [-0.4, -0.2) is 18.8 Å². The molecular weight excluding hydrogens is 186 g/mol. The maximum Gasteiger partial charge on any atom is 0.0550 e. The molecule has 0 amide bonds. The maximum atomic E-state index is 5.73. The summed E-state index contributed by atoms with van der Waals surface area (Å²) in [5, 5.41) is 0. The van der Waals surface area contributed by atoms with E-state index in [2.05, 4.69) is 20.8 Å². The molecule has 1 aliphatic carbocycles. The van der Waals surface area contributed by atoms with Gasteiger partial charge in [-0.1, -0.05) is 26.7 Å². The van der Waals surface area contributed by atoms with E-state index in [9.17, 15) is 0 Å². The minimum Gasteiger partial charge on any atom is -0.378 e. The van der Waals surface area contributed by atoms with E-state index in [4.69, 9.17) is 10.5 Å². The highest BCUT2D eigenvalue weighted by molar-refractivity contribution is 4.71. The molecule has 4 unspecified atom stereocenters. The molecule has 2 aliphatic rings. The Hall–Kier alpha value is -0.0800. The van der Waals surface area contributed by atoms with Gasteiger partial charge < -0.3 is 10.5 Å². The van der Waals surface area contributed by atoms with E-state index in [1.807, 2.05) is 0 Å². The second-order valence-corrected chi connectivity index (χ2v) is 5.52. The molecule has 0 aromatic rings. The van der Waals surface area contributed by atoms with Crippen molar-refractivity contribution in [1.82, 2.24) is 0 Å². The van der Waals surface area contributed by atoms with Crippen molar-refractivity contribution >= 4 is 0 Å². The third-order valence-corrected chi connectivity index (χ3v) is 3.38. The summed E-state index contributed by atoms with van der Waals surface area (Å²) in [5.74, 6) is 1.69. The highest BCUT2D eigenvalue weighted by atomic mass is 16.5. The zero-order valence-electron chi connectivity index (χ0n) is 10.5. The van der Waals surface area contributed by atoms with Crippen LogP contribution in [0.1, 0.15) is 52.9 Å². The summed E-state index contributed by atoms with van der Waals surface area (Å²) in [7, 11) is 0. The summed E-state index contributed by atoms with van der Waals surface area (Å²) in [5.41, 5.74) is 5.73. The lowest BCUT2D eigenvalue weighted by Gasteiger charge is -2.22. The van der Waals surface area contributed by atoms with Gasteiger partial charge in [0.25, 0.3) is 0 Å². The Morgan fingerprint density at radius 3 is 2.00 bits per heavy atom. The molecule has 2 rings (SSSR count). The average Bonchev–Trinajstić information content (AvgIpc) is 2.50. The number of ether oxygens (including phenoxy) is 1. The molecule has 0 bridgehead atoms. The lowest BCUT2D eigenvalue weighted by Crippen LogP contribution is -2.26. The van der Waals surface area contributed by atoms with E-state index in [0.29, 0.717) is 12.1 Å². The van der Waals surface area contributed by atoms with E-state index >= 15 is 0 Å². The van der Waals surface area contributed by atoms with E-state index in [1.54, 1.807) is 0 Å². The Balaban J connectivity index is 0.000000151. The molecule has 1 saturated carbocycles. The van der Waals surface area contributed by atoms with Crippen molar-refractivity contribution in [3.8, 4) is 0 Å². The normalized spacial score (nSPS) is 40.8. The molecule has 2 nitrogen and oxygen atoms in total. The topological polar surface area (TPSA) is 35.2 Å². The molecule has 2 heteroatoms. The third kappa shape index (κ3) is 5.53. The molecule has 1 saturated heterocycles. The first-order valence-corrected chi connectivity index (χ1v) is 6.45. The standard InChI is InChI=1S/C7H15N.C6H12O/c1-6-3-2-4-7(8)5-6;1-5-3-6(2)7-4-5/h6-7H,2-5,8H2,1H3;5-6H,3-4H2,1-2H3. The van der Waals surface area contributed by atoms with Gasteiger partial charge in [0.2, 0.25) is 0 Å². The molecule has 1 aliphatic heterocycles. The highest BCUT2D eigenvalue weighted by Crippen LogP contribution is 2.21. The fourth-order valence-electron chi connectivity index (χ4n) is 2.51. The van der Waals surface area contributed by atoms with Gasteiger partial charge in [-0.25, -0.2) is 0 Å². The number of hydrogen-bond acceptors (Lipinski definition) is 2. The van der Waals surface area contributed by atoms with Gasteiger partial charge in [-0.2, -0.15) is 0 Å². The molecule has 4 atom stereocenters. The van der Waals surface area contributed by atoms with Crippen LogP contribution in [0.3, 0.4) is 0 Å². The van der Waals surface area contributed by atoms with Crippen LogP contribution >= 0.6 is 0 Å². The zero-order chi connectivity index (χ0) is 11.3. The second kappa shape index (κ2) is 6.49. The first-order chi connectivity index (χ1) is 7.08. The van der Waals surface area contributed by atoms with Crippen molar-refractivity contribution in [2.45, 2.75) is 65.0 Å². The van der Waals surface area contributed by atoms with Crippen LogP contribution in [0.25, 0.3) is 0 Å². The van der Waals surface area contributed by atoms with Crippen LogP contribution in [0.2, 0.25) is 0 Å². The summed E-state index contributed by atoms with van der Waals surface area (Å²) in [6.07, 6.45) is 7.02. The van der Waals surface area contributed by atoms with E-state index < -0.39 is 0 Å². The van der Waals surface area contributed by atoms with Gasteiger partial charge in [0.1, 0.15) is 0 Å². The van der Waals surface area contributed by atoms with Crippen molar-refractivity contribution in [1.29, 1.82) is 0 Å². The molecule has 2 N–H and O–H groups in total. The van der Waals surface area contributed by atoms with Crippen LogP contribution in [0, 0.1) is 11.8 Å². The van der Waals surface area contributed by atoms with Crippen molar-refractivity contribution in [3.05, 3.63) is 0 Å². The SMILES string of the molecule is CC1CCCC(N)C1.CC1COC(C)C1. The predicted octanol–water partition coefficient (Wildman–Crippen LogP) is 2.96.